The van der Waals surface area contributed by atoms with Gasteiger partial charge in [0.2, 0.25) is 5.91 Å². The number of halogens is 1. The number of nitrogens with one attached hydrogen (secondary N) is 1. The van der Waals surface area contributed by atoms with Crippen molar-refractivity contribution in [1.82, 2.24) is 5.32 Å². The first-order valence-electron chi connectivity index (χ1n) is 8.87. The van der Waals surface area contributed by atoms with E-state index in [4.69, 9.17) is 0 Å². The van der Waals surface area contributed by atoms with Gasteiger partial charge in [0, 0.05) is 23.3 Å². The lowest BCUT2D eigenvalue weighted by Crippen LogP contribution is -2.28. The lowest BCUT2D eigenvalue weighted by Gasteiger charge is -2.17. The van der Waals surface area contributed by atoms with Crippen molar-refractivity contribution in [3.63, 3.8) is 0 Å². The van der Waals surface area contributed by atoms with Crippen LogP contribution < -0.4 is 5.32 Å². The van der Waals surface area contributed by atoms with Crippen LogP contribution in [0.5, 0.6) is 0 Å². The molecule has 1 atom stereocenters. The van der Waals surface area contributed by atoms with Gasteiger partial charge in [-0.2, -0.15) is 0 Å². The maximum absolute atomic E-state index is 14.1. The average Bonchev–Trinajstić information content (AvgIpc) is 2.71. The maximum Gasteiger partial charge on any atom is 0.238 e. The van der Waals surface area contributed by atoms with Gasteiger partial charge in [0.05, 0.1) is 4.90 Å². The van der Waals surface area contributed by atoms with E-state index < -0.39 is 20.9 Å². The molecule has 7 heteroatoms. The second-order valence-electron chi connectivity index (χ2n) is 6.46. The standard InChI is InChI=1S/C22H20FNO3S2/c1-29(26,27)19-12-13-20(23)17(14-19)15-24-22(25)21(16-8-4-2-5-9-16)28-18-10-6-3-7-11-18/h2-14,21H,15H2,1H3,(H,24,25). The number of sulfone groups is 1. The van der Waals surface area contributed by atoms with Crippen molar-refractivity contribution in [3.8, 4) is 0 Å². The molecule has 0 bridgehead atoms. The van der Waals surface area contributed by atoms with Crippen LogP contribution in [0.3, 0.4) is 0 Å². The van der Waals surface area contributed by atoms with E-state index in [2.05, 4.69) is 5.32 Å². The van der Waals surface area contributed by atoms with E-state index in [0.717, 1.165) is 22.8 Å². The molecule has 1 unspecified atom stereocenters. The first kappa shape index (κ1) is 21.1. The van der Waals surface area contributed by atoms with Crippen LogP contribution in [-0.2, 0) is 21.2 Å². The molecule has 0 aliphatic carbocycles. The lowest BCUT2D eigenvalue weighted by atomic mass is 10.1. The van der Waals surface area contributed by atoms with Gasteiger partial charge in [0.15, 0.2) is 9.84 Å². The fraction of sp³-hybridized carbons (Fsp3) is 0.136. The molecule has 0 aliphatic heterocycles. The third-order valence-electron chi connectivity index (χ3n) is 4.24. The molecule has 0 saturated heterocycles. The summed E-state index contributed by atoms with van der Waals surface area (Å²) in [5, 5.41) is 2.21. The van der Waals surface area contributed by atoms with Crippen molar-refractivity contribution >= 4 is 27.5 Å². The summed E-state index contributed by atoms with van der Waals surface area (Å²) in [4.78, 5) is 13.9. The molecule has 4 nitrogen and oxygen atoms in total. The van der Waals surface area contributed by atoms with E-state index in [9.17, 15) is 17.6 Å². The summed E-state index contributed by atoms with van der Waals surface area (Å²) in [6.07, 6.45) is 1.06. The molecule has 0 aliphatic rings. The van der Waals surface area contributed by atoms with Gasteiger partial charge in [-0.05, 0) is 35.9 Å². The Hall–Kier alpha value is -2.64. The minimum Gasteiger partial charge on any atom is -0.351 e. The molecule has 0 spiro atoms. The zero-order valence-corrected chi connectivity index (χ0v) is 17.3. The summed E-state index contributed by atoms with van der Waals surface area (Å²) >= 11 is 1.39. The number of amides is 1. The highest BCUT2D eigenvalue weighted by Crippen LogP contribution is 2.35. The van der Waals surface area contributed by atoms with Gasteiger partial charge in [0.25, 0.3) is 0 Å². The summed E-state index contributed by atoms with van der Waals surface area (Å²) in [5.41, 5.74) is 0.946. The van der Waals surface area contributed by atoms with E-state index in [-0.39, 0.29) is 22.9 Å². The van der Waals surface area contributed by atoms with Gasteiger partial charge < -0.3 is 5.32 Å². The number of rotatable bonds is 7. The normalized spacial score (nSPS) is 12.3. The van der Waals surface area contributed by atoms with E-state index >= 15 is 0 Å². The number of thioether (sulfide) groups is 1. The summed E-state index contributed by atoms with van der Waals surface area (Å²) in [6, 6.07) is 22.4. The Balaban J connectivity index is 1.80. The van der Waals surface area contributed by atoms with Crippen molar-refractivity contribution in [2.45, 2.75) is 21.6 Å². The Morgan fingerprint density at radius 3 is 2.24 bits per heavy atom. The first-order valence-corrected chi connectivity index (χ1v) is 11.6. The summed E-state index contributed by atoms with van der Waals surface area (Å²) < 4.78 is 37.6. The minimum absolute atomic E-state index is 0.0152. The van der Waals surface area contributed by atoms with Gasteiger partial charge in [0.1, 0.15) is 11.1 Å². The number of hydrogen-bond acceptors (Lipinski definition) is 4. The SMILES string of the molecule is CS(=O)(=O)c1ccc(F)c(CNC(=O)C(Sc2ccccc2)c2ccccc2)c1. The average molecular weight is 430 g/mol. The summed E-state index contributed by atoms with van der Waals surface area (Å²) in [6.45, 7) is -0.104. The zero-order chi connectivity index (χ0) is 20.9. The van der Waals surface area contributed by atoms with E-state index in [1.54, 1.807) is 0 Å². The van der Waals surface area contributed by atoms with Crippen LogP contribution in [0.25, 0.3) is 0 Å². The first-order chi connectivity index (χ1) is 13.8. The van der Waals surface area contributed by atoms with Crippen LogP contribution >= 0.6 is 11.8 Å². The van der Waals surface area contributed by atoms with E-state index in [1.165, 1.54) is 23.9 Å². The quantitative estimate of drug-likeness (QED) is 0.447. The second kappa shape index (κ2) is 9.24. The molecular weight excluding hydrogens is 409 g/mol. The Kier molecular flexibility index (Phi) is 6.71. The van der Waals surface area contributed by atoms with Crippen molar-refractivity contribution in [2.75, 3.05) is 6.26 Å². The third-order valence-corrected chi connectivity index (χ3v) is 6.61. The van der Waals surface area contributed by atoms with Crippen LogP contribution in [0.2, 0.25) is 0 Å². The number of carbonyl (C=O) groups excluding carboxylic acids is 1. The van der Waals surface area contributed by atoms with Crippen LogP contribution in [-0.4, -0.2) is 20.6 Å². The molecule has 0 radical (unpaired) electrons. The minimum atomic E-state index is -3.46. The molecule has 3 rings (SSSR count). The third kappa shape index (κ3) is 5.68. The molecule has 3 aromatic carbocycles. The van der Waals surface area contributed by atoms with Gasteiger partial charge >= 0.3 is 0 Å². The maximum atomic E-state index is 14.1. The van der Waals surface area contributed by atoms with Crippen molar-refractivity contribution in [1.29, 1.82) is 0 Å². The lowest BCUT2D eigenvalue weighted by molar-refractivity contribution is -0.120. The Bertz CT molecular complexity index is 1090. The van der Waals surface area contributed by atoms with Gasteiger partial charge in [-0.3, -0.25) is 4.79 Å². The molecule has 1 N–H and O–H groups in total. The molecule has 0 aromatic heterocycles. The Labute approximate surface area is 174 Å². The summed E-state index contributed by atoms with van der Waals surface area (Å²) in [5.74, 6) is -0.848. The summed E-state index contributed by atoms with van der Waals surface area (Å²) in [7, 11) is -3.46. The van der Waals surface area contributed by atoms with Gasteiger partial charge in [-0.1, -0.05) is 48.5 Å². The second-order valence-corrected chi connectivity index (χ2v) is 9.66. The van der Waals surface area contributed by atoms with Crippen LogP contribution in [0.15, 0.2) is 88.7 Å². The van der Waals surface area contributed by atoms with Gasteiger partial charge in [-0.15, -0.1) is 11.8 Å². The van der Waals surface area contributed by atoms with Crippen molar-refractivity contribution in [2.24, 2.45) is 0 Å². The highest BCUT2D eigenvalue weighted by molar-refractivity contribution is 8.00. The fourth-order valence-corrected chi connectivity index (χ4v) is 4.47. The predicted octanol–water partition coefficient (Wildman–Crippen LogP) is 4.38. The topological polar surface area (TPSA) is 63.2 Å². The molecule has 0 saturated carbocycles. The highest BCUT2D eigenvalue weighted by Gasteiger charge is 2.22. The molecule has 150 valence electrons. The van der Waals surface area contributed by atoms with Crippen molar-refractivity contribution < 1.29 is 17.6 Å². The molecular formula is C22H20FNO3S2. The van der Waals surface area contributed by atoms with Gasteiger partial charge in [-0.25, -0.2) is 12.8 Å². The Morgan fingerprint density at radius 2 is 1.62 bits per heavy atom. The van der Waals surface area contributed by atoms with Crippen LogP contribution in [0.4, 0.5) is 4.39 Å². The fourth-order valence-electron chi connectivity index (χ4n) is 2.73. The zero-order valence-electron chi connectivity index (χ0n) is 15.7. The van der Waals surface area contributed by atoms with Crippen LogP contribution in [0.1, 0.15) is 16.4 Å². The van der Waals surface area contributed by atoms with E-state index in [1.807, 2.05) is 60.7 Å². The molecule has 29 heavy (non-hydrogen) atoms. The predicted molar refractivity (Wildman–Crippen MR) is 113 cm³/mol. The molecule has 0 heterocycles. The number of carbonyl (C=O) groups is 1. The molecule has 3 aromatic rings. The largest absolute Gasteiger partial charge is 0.351 e. The highest BCUT2D eigenvalue weighted by atomic mass is 32.2. The van der Waals surface area contributed by atoms with E-state index in [0.29, 0.717) is 0 Å². The van der Waals surface area contributed by atoms with Crippen molar-refractivity contribution in [3.05, 3.63) is 95.8 Å². The number of hydrogen-bond donors (Lipinski definition) is 1. The smallest absolute Gasteiger partial charge is 0.238 e. The number of benzene rings is 3. The Morgan fingerprint density at radius 1 is 1.00 bits per heavy atom. The van der Waals surface area contributed by atoms with Crippen LogP contribution in [0, 0.1) is 5.82 Å². The molecule has 1 amide bonds. The monoisotopic (exact) mass is 429 g/mol. The molecule has 0 fully saturated rings.